The Kier molecular flexibility index (Phi) is 6.83. The molecule has 30 heavy (non-hydrogen) atoms. The number of hydrogen-bond acceptors (Lipinski definition) is 6. The van der Waals surface area contributed by atoms with E-state index in [9.17, 15) is 9.59 Å². The Balaban J connectivity index is 1.88. The highest BCUT2D eigenvalue weighted by Gasteiger charge is 2.30. The molecule has 0 fully saturated rings. The first-order chi connectivity index (χ1) is 14.4. The highest BCUT2D eigenvalue weighted by Crippen LogP contribution is 2.33. The van der Waals surface area contributed by atoms with E-state index in [1.807, 2.05) is 25.1 Å². The van der Waals surface area contributed by atoms with E-state index < -0.39 is 6.09 Å². The molecule has 0 aromatic heterocycles. The van der Waals surface area contributed by atoms with Crippen LogP contribution in [0.5, 0.6) is 11.5 Å². The molecule has 2 aromatic rings. The van der Waals surface area contributed by atoms with Crippen molar-refractivity contribution in [3.63, 3.8) is 0 Å². The Labute approximate surface area is 178 Å². The first kappa shape index (κ1) is 21.5. The van der Waals surface area contributed by atoms with E-state index in [0.29, 0.717) is 17.2 Å². The van der Waals surface area contributed by atoms with Crippen LogP contribution in [-0.4, -0.2) is 46.6 Å². The highest BCUT2D eigenvalue weighted by atomic mass is 32.2. The molecular formula is C21H23N3O5S. The van der Waals surface area contributed by atoms with Crippen LogP contribution in [0.25, 0.3) is 0 Å². The number of carboxylic acid groups (broad SMARTS) is 1. The van der Waals surface area contributed by atoms with Crippen LogP contribution in [-0.2, 0) is 6.54 Å². The van der Waals surface area contributed by atoms with E-state index in [2.05, 4.69) is 10.4 Å². The molecule has 0 saturated heterocycles. The van der Waals surface area contributed by atoms with E-state index in [-0.39, 0.29) is 17.0 Å². The summed E-state index contributed by atoms with van der Waals surface area (Å²) < 4.78 is 10.7. The zero-order chi connectivity index (χ0) is 21.7. The predicted octanol–water partition coefficient (Wildman–Crippen LogP) is 4.65. The molecule has 1 unspecified atom stereocenters. The monoisotopic (exact) mass is 429 g/mol. The van der Waals surface area contributed by atoms with Gasteiger partial charge in [0.1, 0.15) is 0 Å². The highest BCUT2D eigenvalue weighted by molar-refractivity contribution is 8.14. The lowest BCUT2D eigenvalue weighted by Gasteiger charge is -2.28. The molecule has 3 rings (SSSR count). The maximum absolute atomic E-state index is 12.6. The van der Waals surface area contributed by atoms with Gasteiger partial charge >= 0.3 is 11.3 Å². The summed E-state index contributed by atoms with van der Waals surface area (Å²) in [5, 5.41) is 17.0. The SMILES string of the molecule is CCC1SC(=O)N(Cc2ccc(NC(=O)O)cc2)N=C1c1ccc(OC)c(OC)c1. The second-order valence-electron chi connectivity index (χ2n) is 6.52. The van der Waals surface area contributed by atoms with E-state index in [4.69, 9.17) is 14.6 Å². The van der Waals surface area contributed by atoms with Gasteiger partial charge in [0.25, 0.3) is 0 Å². The van der Waals surface area contributed by atoms with Crippen molar-refractivity contribution in [2.45, 2.75) is 25.1 Å². The summed E-state index contributed by atoms with van der Waals surface area (Å²) >= 11 is 1.25. The van der Waals surface area contributed by atoms with Gasteiger partial charge in [-0.2, -0.15) is 5.10 Å². The molecule has 1 heterocycles. The van der Waals surface area contributed by atoms with Gasteiger partial charge in [-0.1, -0.05) is 30.8 Å². The summed E-state index contributed by atoms with van der Waals surface area (Å²) in [5.74, 6) is 1.23. The van der Waals surface area contributed by atoms with Crippen molar-refractivity contribution in [2.24, 2.45) is 5.10 Å². The maximum Gasteiger partial charge on any atom is 0.409 e. The van der Waals surface area contributed by atoms with Crippen molar-refractivity contribution < 1.29 is 24.2 Å². The fraction of sp³-hybridized carbons (Fsp3) is 0.286. The minimum atomic E-state index is -1.12. The molecule has 1 aliphatic rings. The molecule has 158 valence electrons. The molecule has 2 N–H and O–H groups in total. The summed E-state index contributed by atoms with van der Waals surface area (Å²) in [6, 6.07) is 12.4. The molecule has 2 amide bonds. The number of methoxy groups -OCH3 is 2. The van der Waals surface area contributed by atoms with Gasteiger partial charge in [0.2, 0.25) is 0 Å². The van der Waals surface area contributed by atoms with Crippen molar-refractivity contribution in [1.29, 1.82) is 0 Å². The van der Waals surface area contributed by atoms with Gasteiger partial charge in [-0.15, -0.1) is 0 Å². The zero-order valence-electron chi connectivity index (χ0n) is 16.9. The van der Waals surface area contributed by atoms with Gasteiger partial charge in [-0.3, -0.25) is 10.1 Å². The van der Waals surface area contributed by atoms with Crippen LogP contribution < -0.4 is 14.8 Å². The number of amides is 2. The minimum Gasteiger partial charge on any atom is -0.493 e. The molecule has 0 aliphatic carbocycles. The van der Waals surface area contributed by atoms with Gasteiger partial charge in [-0.25, -0.2) is 9.80 Å². The van der Waals surface area contributed by atoms with E-state index in [0.717, 1.165) is 23.3 Å². The lowest BCUT2D eigenvalue weighted by molar-refractivity contribution is 0.209. The number of nitrogens with zero attached hydrogens (tertiary/aromatic N) is 2. The van der Waals surface area contributed by atoms with Crippen molar-refractivity contribution >= 4 is 34.5 Å². The fourth-order valence-electron chi connectivity index (χ4n) is 3.08. The summed E-state index contributed by atoms with van der Waals surface area (Å²) in [5.41, 5.74) is 2.97. The Morgan fingerprint density at radius 1 is 1.17 bits per heavy atom. The lowest BCUT2D eigenvalue weighted by atomic mass is 10.0. The van der Waals surface area contributed by atoms with E-state index >= 15 is 0 Å². The Bertz CT molecular complexity index is 962. The van der Waals surface area contributed by atoms with Crippen LogP contribution in [0.3, 0.4) is 0 Å². The van der Waals surface area contributed by atoms with Gasteiger partial charge in [0.05, 0.1) is 31.7 Å². The number of carbonyl (C=O) groups is 2. The van der Waals surface area contributed by atoms with E-state index in [1.54, 1.807) is 38.5 Å². The number of ether oxygens (including phenoxy) is 2. The molecule has 0 bridgehead atoms. The third kappa shape index (κ3) is 4.85. The van der Waals surface area contributed by atoms with Gasteiger partial charge < -0.3 is 14.6 Å². The smallest absolute Gasteiger partial charge is 0.409 e. The second kappa shape index (κ2) is 9.53. The molecule has 1 aliphatic heterocycles. The first-order valence-corrected chi connectivity index (χ1v) is 10.2. The summed E-state index contributed by atoms with van der Waals surface area (Å²) in [6.45, 7) is 2.30. The molecule has 0 saturated carbocycles. The Hall–Kier alpha value is -3.20. The fourth-order valence-corrected chi connectivity index (χ4v) is 4.01. The number of hydrogen-bond donors (Lipinski definition) is 2. The van der Waals surface area contributed by atoms with Gasteiger partial charge in [-0.05, 0) is 42.3 Å². The third-order valence-corrected chi connectivity index (χ3v) is 5.83. The Morgan fingerprint density at radius 3 is 2.47 bits per heavy atom. The number of benzene rings is 2. The van der Waals surface area contributed by atoms with Crippen LogP contribution in [0.1, 0.15) is 24.5 Å². The van der Waals surface area contributed by atoms with Gasteiger partial charge in [0, 0.05) is 11.3 Å². The Morgan fingerprint density at radius 2 is 1.87 bits per heavy atom. The van der Waals surface area contributed by atoms with Crippen molar-refractivity contribution in [3.05, 3.63) is 53.6 Å². The third-order valence-electron chi connectivity index (χ3n) is 4.57. The number of thioether (sulfide) groups is 1. The second-order valence-corrected chi connectivity index (χ2v) is 7.67. The largest absolute Gasteiger partial charge is 0.493 e. The molecule has 9 heteroatoms. The van der Waals surface area contributed by atoms with E-state index in [1.165, 1.54) is 16.8 Å². The number of carbonyl (C=O) groups excluding carboxylic acids is 1. The number of nitrogens with one attached hydrogen (secondary N) is 1. The normalized spacial score (nSPS) is 16.1. The number of hydrazone groups is 1. The summed E-state index contributed by atoms with van der Waals surface area (Å²) in [6.07, 6.45) is -0.368. The van der Waals surface area contributed by atoms with Crippen molar-refractivity contribution in [3.8, 4) is 11.5 Å². The first-order valence-electron chi connectivity index (χ1n) is 9.33. The quantitative estimate of drug-likeness (QED) is 0.665. The standard InChI is InChI=1S/C21H23N3O5S/c1-4-18-19(14-7-10-16(28-2)17(11-14)29-3)23-24(21(27)30-18)12-13-5-8-15(9-6-13)22-20(25)26/h5-11,18,22H,4,12H2,1-3H3,(H,25,26). The molecule has 0 radical (unpaired) electrons. The summed E-state index contributed by atoms with van der Waals surface area (Å²) in [7, 11) is 3.16. The molecule has 8 nitrogen and oxygen atoms in total. The average molecular weight is 429 g/mol. The lowest BCUT2D eigenvalue weighted by Crippen LogP contribution is -2.34. The van der Waals surface area contributed by atoms with Crippen LogP contribution >= 0.6 is 11.8 Å². The molecule has 0 spiro atoms. The maximum atomic E-state index is 12.6. The minimum absolute atomic E-state index is 0.0611. The van der Waals surface area contributed by atoms with Crippen molar-refractivity contribution in [2.75, 3.05) is 19.5 Å². The van der Waals surface area contributed by atoms with Crippen LogP contribution in [0.4, 0.5) is 15.3 Å². The topological polar surface area (TPSA) is 100 Å². The number of anilines is 1. The zero-order valence-corrected chi connectivity index (χ0v) is 17.7. The average Bonchev–Trinajstić information content (AvgIpc) is 2.75. The predicted molar refractivity (Wildman–Crippen MR) is 117 cm³/mol. The molecular weight excluding hydrogens is 406 g/mol. The van der Waals surface area contributed by atoms with Crippen molar-refractivity contribution in [1.82, 2.24) is 5.01 Å². The van der Waals surface area contributed by atoms with Crippen LogP contribution in [0.15, 0.2) is 47.6 Å². The van der Waals surface area contributed by atoms with Crippen LogP contribution in [0, 0.1) is 0 Å². The molecule has 2 aromatic carbocycles. The molecule has 1 atom stereocenters. The number of rotatable bonds is 7. The van der Waals surface area contributed by atoms with Gasteiger partial charge in [0.15, 0.2) is 11.5 Å². The van der Waals surface area contributed by atoms with Crippen LogP contribution in [0.2, 0.25) is 0 Å². The summed E-state index contributed by atoms with van der Waals surface area (Å²) in [4.78, 5) is 23.4.